The highest BCUT2D eigenvalue weighted by Gasteiger charge is 2.09. The van der Waals surface area contributed by atoms with Crippen LogP contribution in [0.25, 0.3) is 0 Å². The summed E-state index contributed by atoms with van der Waals surface area (Å²) in [5.74, 6) is -0.357. The van der Waals surface area contributed by atoms with Gasteiger partial charge in [-0.1, -0.05) is 30.0 Å². The zero-order valence-corrected chi connectivity index (χ0v) is 10.7. The zero-order valence-electron chi connectivity index (χ0n) is 9.92. The van der Waals surface area contributed by atoms with Crippen LogP contribution in [0.5, 0.6) is 0 Å². The van der Waals surface area contributed by atoms with Crippen LogP contribution in [0.4, 0.5) is 5.69 Å². The maximum absolute atomic E-state index is 11.5. The summed E-state index contributed by atoms with van der Waals surface area (Å²) in [5.41, 5.74) is 7.06. The summed E-state index contributed by atoms with van der Waals surface area (Å²) >= 11 is 1.52. The smallest absolute Gasteiger partial charge is 0.337 e. The van der Waals surface area contributed by atoms with Gasteiger partial charge < -0.3 is 10.5 Å². The lowest BCUT2D eigenvalue weighted by Gasteiger charge is -2.07. The van der Waals surface area contributed by atoms with E-state index < -0.39 is 0 Å². The monoisotopic (exact) mass is 259 g/mol. The average Bonchev–Trinajstić information content (AvgIpc) is 2.41. The Bertz CT molecular complexity index is 555. The molecular formula is C14H13NO2S. The van der Waals surface area contributed by atoms with E-state index >= 15 is 0 Å². The fourth-order valence-electron chi connectivity index (χ4n) is 1.48. The van der Waals surface area contributed by atoms with Crippen molar-refractivity contribution in [1.82, 2.24) is 0 Å². The first-order valence-electron chi connectivity index (χ1n) is 5.41. The Morgan fingerprint density at radius 1 is 1.17 bits per heavy atom. The number of nitrogen functional groups attached to an aromatic ring is 1. The molecule has 18 heavy (non-hydrogen) atoms. The third-order valence-electron chi connectivity index (χ3n) is 2.41. The molecule has 0 aliphatic heterocycles. The quantitative estimate of drug-likeness (QED) is 0.679. The van der Waals surface area contributed by atoms with Gasteiger partial charge in [0.05, 0.1) is 12.7 Å². The SMILES string of the molecule is COC(=O)c1ccc(N)c(Sc2ccccc2)c1. The third kappa shape index (κ3) is 2.84. The summed E-state index contributed by atoms with van der Waals surface area (Å²) in [6.45, 7) is 0. The summed E-state index contributed by atoms with van der Waals surface area (Å²) in [6.07, 6.45) is 0. The fraction of sp³-hybridized carbons (Fsp3) is 0.0714. The molecule has 3 nitrogen and oxygen atoms in total. The molecule has 0 bridgehead atoms. The third-order valence-corrected chi connectivity index (χ3v) is 3.49. The first-order chi connectivity index (χ1) is 8.70. The number of rotatable bonds is 3. The number of benzene rings is 2. The second-order valence-corrected chi connectivity index (χ2v) is 4.77. The normalized spacial score (nSPS) is 10.1. The minimum Gasteiger partial charge on any atom is -0.465 e. The van der Waals surface area contributed by atoms with Crippen LogP contribution in [0.15, 0.2) is 58.3 Å². The number of ether oxygens (including phenoxy) is 1. The van der Waals surface area contributed by atoms with Crippen LogP contribution in [-0.4, -0.2) is 13.1 Å². The molecule has 0 aromatic heterocycles. The van der Waals surface area contributed by atoms with Crippen molar-refractivity contribution in [3.63, 3.8) is 0 Å². The number of carbonyl (C=O) groups is 1. The summed E-state index contributed by atoms with van der Waals surface area (Å²) in [6, 6.07) is 15.0. The molecule has 0 radical (unpaired) electrons. The van der Waals surface area contributed by atoms with Crippen LogP contribution in [0.1, 0.15) is 10.4 Å². The number of esters is 1. The van der Waals surface area contributed by atoms with Gasteiger partial charge in [-0.2, -0.15) is 0 Å². The first kappa shape index (κ1) is 12.5. The number of methoxy groups -OCH3 is 1. The molecule has 2 rings (SSSR count). The van der Waals surface area contributed by atoms with Crippen molar-refractivity contribution in [1.29, 1.82) is 0 Å². The van der Waals surface area contributed by atoms with Crippen molar-refractivity contribution >= 4 is 23.4 Å². The second kappa shape index (κ2) is 5.60. The molecule has 0 aliphatic carbocycles. The number of anilines is 1. The molecule has 2 aromatic carbocycles. The largest absolute Gasteiger partial charge is 0.465 e. The number of carbonyl (C=O) groups excluding carboxylic acids is 1. The predicted molar refractivity (Wildman–Crippen MR) is 72.8 cm³/mol. The topological polar surface area (TPSA) is 52.3 Å². The summed E-state index contributed by atoms with van der Waals surface area (Å²) < 4.78 is 4.69. The summed E-state index contributed by atoms with van der Waals surface area (Å²) in [4.78, 5) is 13.4. The van der Waals surface area contributed by atoms with Gasteiger partial charge in [-0.05, 0) is 30.3 Å². The van der Waals surface area contributed by atoms with Crippen LogP contribution in [0.3, 0.4) is 0 Å². The first-order valence-corrected chi connectivity index (χ1v) is 6.23. The van der Waals surface area contributed by atoms with Gasteiger partial charge in [0.2, 0.25) is 0 Å². The van der Waals surface area contributed by atoms with E-state index in [1.807, 2.05) is 30.3 Å². The van der Waals surface area contributed by atoms with Gasteiger partial charge in [0, 0.05) is 15.5 Å². The molecule has 2 N–H and O–H groups in total. The Hall–Kier alpha value is -1.94. The molecule has 4 heteroatoms. The molecule has 0 aliphatic rings. The Morgan fingerprint density at radius 2 is 1.89 bits per heavy atom. The van der Waals surface area contributed by atoms with Gasteiger partial charge in [0.1, 0.15) is 0 Å². The van der Waals surface area contributed by atoms with Crippen LogP contribution >= 0.6 is 11.8 Å². The van der Waals surface area contributed by atoms with E-state index in [0.717, 1.165) is 9.79 Å². The van der Waals surface area contributed by atoms with Gasteiger partial charge in [-0.15, -0.1) is 0 Å². The average molecular weight is 259 g/mol. The van der Waals surface area contributed by atoms with E-state index in [0.29, 0.717) is 11.3 Å². The van der Waals surface area contributed by atoms with E-state index in [4.69, 9.17) is 10.5 Å². The highest BCUT2D eigenvalue weighted by atomic mass is 32.2. The van der Waals surface area contributed by atoms with Crippen molar-refractivity contribution in [2.75, 3.05) is 12.8 Å². The lowest BCUT2D eigenvalue weighted by Crippen LogP contribution is -2.02. The van der Waals surface area contributed by atoms with E-state index in [1.165, 1.54) is 18.9 Å². The Kier molecular flexibility index (Phi) is 3.89. The Balaban J connectivity index is 2.30. The minimum atomic E-state index is -0.357. The molecule has 0 unspecified atom stereocenters. The number of hydrogen-bond donors (Lipinski definition) is 1. The molecule has 0 saturated carbocycles. The number of hydrogen-bond acceptors (Lipinski definition) is 4. The Labute approximate surface area is 110 Å². The number of nitrogens with two attached hydrogens (primary N) is 1. The lowest BCUT2D eigenvalue weighted by atomic mass is 10.2. The van der Waals surface area contributed by atoms with Gasteiger partial charge in [0.15, 0.2) is 0 Å². The minimum absolute atomic E-state index is 0.357. The molecule has 0 atom stereocenters. The van der Waals surface area contributed by atoms with Crippen molar-refractivity contribution in [3.8, 4) is 0 Å². The molecule has 92 valence electrons. The zero-order chi connectivity index (χ0) is 13.0. The van der Waals surface area contributed by atoms with E-state index in [-0.39, 0.29) is 5.97 Å². The summed E-state index contributed by atoms with van der Waals surface area (Å²) in [7, 11) is 1.36. The fourth-order valence-corrected chi connectivity index (χ4v) is 2.40. The van der Waals surface area contributed by atoms with Gasteiger partial charge >= 0.3 is 5.97 Å². The standard InChI is InChI=1S/C14H13NO2S/c1-17-14(16)10-7-8-12(15)13(9-10)18-11-5-3-2-4-6-11/h2-9H,15H2,1H3. The molecule has 2 aromatic rings. The maximum atomic E-state index is 11.5. The molecule has 0 saturated heterocycles. The predicted octanol–water partition coefficient (Wildman–Crippen LogP) is 3.21. The van der Waals surface area contributed by atoms with E-state index in [1.54, 1.807) is 18.2 Å². The molecule has 0 amide bonds. The molecular weight excluding hydrogens is 246 g/mol. The second-order valence-electron chi connectivity index (χ2n) is 3.66. The van der Waals surface area contributed by atoms with Gasteiger partial charge in [0.25, 0.3) is 0 Å². The Morgan fingerprint density at radius 3 is 2.56 bits per heavy atom. The van der Waals surface area contributed by atoms with Crippen molar-refractivity contribution < 1.29 is 9.53 Å². The van der Waals surface area contributed by atoms with Crippen molar-refractivity contribution in [2.24, 2.45) is 0 Å². The molecule has 0 heterocycles. The highest BCUT2D eigenvalue weighted by Crippen LogP contribution is 2.32. The van der Waals surface area contributed by atoms with Crippen molar-refractivity contribution in [2.45, 2.75) is 9.79 Å². The van der Waals surface area contributed by atoms with Crippen LogP contribution in [0.2, 0.25) is 0 Å². The van der Waals surface area contributed by atoms with Gasteiger partial charge in [-0.3, -0.25) is 0 Å². The summed E-state index contributed by atoms with van der Waals surface area (Å²) in [5, 5.41) is 0. The van der Waals surface area contributed by atoms with Gasteiger partial charge in [-0.25, -0.2) is 4.79 Å². The van der Waals surface area contributed by atoms with Crippen LogP contribution in [-0.2, 0) is 4.74 Å². The van der Waals surface area contributed by atoms with Crippen LogP contribution < -0.4 is 5.73 Å². The highest BCUT2D eigenvalue weighted by molar-refractivity contribution is 7.99. The van der Waals surface area contributed by atoms with E-state index in [2.05, 4.69) is 0 Å². The lowest BCUT2D eigenvalue weighted by molar-refractivity contribution is 0.0600. The molecule has 0 spiro atoms. The molecule has 0 fully saturated rings. The van der Waals surface area contributed by atoms with Crippen LogP contribution in [0, 0.1) is 0 Å². The van der Waals surface area contributed by atoms with E-state index in [9.17, 15) is 4.79 Å². The maximum Gasteiger partial charge on any atom is 0.337 e. The van der Waals surface area contributed by atoms with Crippen molar-refractivity contribution in [3.05, 3.63) is 54.1 Å².